The Bertz CT molecular complexity index is 822. The quantitative estimate of drug-likeness (QED) is 0.496. The van der Waals surface area contributed by atoms with Gasteiger partial charge in [-0.25, -0.2) is 0 Å². The highest BCUT2D eigenvalue weighted by Crippen LogP contribution is 2.51. The lowest BCUT2D eigenvalue weighted by atomic mass is 9.78. The molecule has 0 unspecified atom stereocenters. The number of nitrogens with zero attached hydrogens (tertiary/aromatic N) is 1. The molecular formula is C24H35NO4. The molecule has 0 fully saturated rings. The van der Waals surface area contributed by atoms with Crippen LogP contribution in [0.1, 0.15) is 84.3 Å². The number of aromatic nitrogens is 1. The first-order chi connectivity index (χ1) is 13.8. The molecule has 29 heavy (non-hydrogen) atoms. The van der Waals surface area contributed by atoms with Crippen molar-refractivity contribution in [1.82, 2.24) is 5.16 Å². The zero-order chi connectivity index (χ0) is 21.1. The van der Waals surface area contributed by atoms with E-state index in [1.807, 2.05) is 13.8 Å². The Labute approximate surface area is 174 Å². The molecule has 0 amide bonds. The molecule has 1 aromatic carbocycles. The van der Waals surface area contributed by atoms with Crippen LogP contribution in [0.4, 0.5) is 0 Å². The predicted molar refractivity (Wildman–Crippen MR) is 115 cm³/mol. The lowest BCUT2D eigenvalue weighted by Crippen LogP contribution is -2.29. The molecule has 2 aromatic rings. The van der Waals surface area contributed by atoms with E-state index in [9.17, 15) is 0 Å². The van der Waals surface area contributed by atoms with Gasteiger partial charge in [0.1, 0.15) is 22.7 Å². The lowest BCUT2D eigenvalue weighted by Gasteiger charge is -2.34. The summed E-state index contributed by atoms with van der Waals surface area (Å²) < 4.78 is 18.1. The maximum Gasteiger partial charge on any atom is 0.181 e. The fourth-order valence-electron chi connectivity index (χ4n) is 3.96. The first-order valence-electron chi connectivity index (χ1n) is 10.9. The van der Waals surface area contributed by atoms with Crippen LogP contribution in [-0.2, 0) is 11.0 Å². The first kappa shape index (κ1) is 21.7. The third-order valence-corrected chi connectivity index (χ3v) is 5.87. The van der Waals surface area contributed by atoms with E-state index >= 15 is 0 Å². The molecule has 0 bridgehead atoms. The monoisotopic (exact) mass is 401 g/mol. The molecule has 0 aliphatic carbocycles. The fourth-order valence-corrected chi connectivity index (χ4v) is 3.96. The SMILES string of the molecule is CCCCCCC(C)(C)c1cc(OCCCO)c2c(c1)OC(C)(C)c1cnoc1-2. The van der Waals surface area contributed by atoms with Crippen LogP contribution in [-0.4, -0.2) is 23.5 Å². The van der Waals surface area contributed by atoms with Crippen molar-refractivity contribution in [3.05, 3.63) is 29.5 Å². The second-order valence-corrected chi connectivity index (χ2v) is 9.15. The number of hydrogen-bond acceptors (Lipinski definition) is 5. The van der Waals surface area contributed by atoms with Gasteiger partial charge in [0.25, 0.3) is 0 Å². The van der Waals surface area contributed by atoms with E-state index in [-0.39, 0.29) is 12.0 Å². The molecule has 3 rings (SSSR count). The fraction of sp³-hybridized carbons (Fsp3) is 0.625. The first-order valence-corrected chi connectivity index (χ1v) is 10.9. The number of ether oxygens (including phenoxy) is 2. The Morgan fingerprint density at radius 3 is 2.66 bits per heavy atom. The molecule has 0 saturated carbocycles. The summed E-state index contributed by atoms with van der Waals surface area (Å²) in [4.78, 5) is 0. The summed E-state index contributed by atoms with van der Waals surface area (Å²) in [5.41, 5.74) is 2.43. The average Bonchev–Trinajstić information content (AvgIpc) is 3.16. The van der Waals surface area contributed by atoms with Gasteiger partial charge in [0, 0.05) is 13.0 Å². The van der Waals surface area contributed by atoms with Crippen molar-refractivity contribution in [3.8, 4) is 22.8 Å². The van der Waals surface area contributed by atoms with Crippen LogP contribution < -0.4 is 9.47 Å². The Hall–Kier alpha value is -2.01. The summed E-state index contributed by atoms with van der Waals surface area (Å²) >= 11 is 0. The van der Waals surface area contributed by atoms with Gasteiger partial charge in [-0.1, -0.05) is 51.6 Å². The van der Waals surface area contributed by atoms with Crippen molar-refractivity contribution in [1.29, 1.82) is 0 Å². The molecule has 0 saturated heterocycles. The van der Waals surface area contributed by atoms with Crippen LogP contribution in [0, 0.1) is 0 Å². The number of fused-ring (bicyclic) bond motifs is 3. The Morgan fingerprint density at radius 1 is 1.14 bits per heavy atom. The highest BCUT2D eigenvalue weighted by atomic mass is 16.5. The molecule has 0 radical (unpaired) electrons. The summed E-state index contributed by atoms with van der Waals surface area (Å²) in [7, 11) is 0. The minimum atomic E-state index is -0.519. The van der Waals surface area contributed by atoms with Crippen molar-refractivity contribution in [3.63, 3.8) is 0 Å². The van der Waals surface area contributed by atoms with Gasteiger partial charge in [-0.3, -0.25) is 0 Å². The summed E-state index contributed by atoms with van der Waals surface area (Å²) in [6.07, 6.45) is 8.40. The van der Waals surface area contributed by atoms with Gasteiger partial charge < -0.3 is 19.1 Å². The van der Waals surface area contributed by atoms with Gasteiger partial charge in [0.15, 0.2) is 5.76 Å². The van der Waals surface area contributed by atoms with Crippen molar-refractivity contribution >= 4 is 0 Å². The summed E-state index contributed by atoms with van der Waals surface area (Å²) in [6, 6.07) is 4.26. The normalized spacial score (nSPS) is 14.8. The summed E-state index contributed by atoms with van der Waals surface area (Å²) in [6.45, 7) is 11.4. The van der Waals surface area contributed by atoms with E-state index < -0.39 is 5.60 Å². The molecule has 0 spiro atoms. The zero-order valence-corrected chi connectivity index (χ0v) is 18.5. The van der Waals surface area contributed by atoms with Gasteiger partial charge in [-0.05, 0) is 43.4 Å². The topological polar surface area (TPSA) is 64.7 Å². The van der Waals surface area contributed by atoms with E-state index in [4.69, 9.17) is 19.1 Å². The van der Waals surface area contributed by atoms with Crippen LogP contribution in [0.3, 0.4) is 0 Å². The summed E-state index contributed by atoms with van der Waals surface area (Å²) in [5, 5.41) is 13.2. The van der Waals surface area contributed by atoms with Gasteiger partial charge in [0.05, 0.1) is 18.4 Å². The molecule has 1 aliphatic rings. The average molecular weight is 402 g/mol. The molecular weight excluding hydrogens is 366 g/mol. The van der Waals surface area contributed by atoms with E-state index in [1.165, 1.54) is 31.2 Å². The maximum atomic E-state index is 9.17. The van der Waals surface area contributed by atoms with Gasteiger partial charge >= 0.3 is 0 Å². The number of unbranched alkanes of at least 4 members (excludes halogenated alkanes) is 3. The van der Waals surface area contributed by atoms with E-state index in [0.29, 0.717) is 18.8 Å². The number of aliphatic hydroxyl groups is 1. The number of hydrogen-bond donors (Lipinski definition) is 1. The standard InChI is InChI=1S/C24H35NO4/c1-6-7-8-9-11-23(2,3)17-14-19(27-13-10-12-26)21-20(15-17)28-24(4,5)18-16-25-29-22(18)21/h14-16,26H,6-13H2,1-5H3. The van der Waals surface area contributed by atoms with E-state index in [2.05, 4.69) is 38.1 Å². The zero-order valence-electron chi connectivity index (χ0n) is 18.5. The van der Waals surface area contributed by atoms with Gasteiger partial charge in [0.2, 0.25) is 0 Å². The molecule has 5 heteroatoms. The second-order valence-electron chi connectivity index (χ2n) is 9.15. The Kier molecular flexibility index (Phi) is 6.57. The summed E-state index contributed by atoms with van der Waals surface area (Å²) in [5.74, 6) is 2.22. The molecule has 2 heterocycles. The Balaban J connectivity index is 2.00. The molecule has 1 N–H and O–H groups in total. The smallest absolute Gasteiger partial charge is 0.181 e. The van der Waals surface area contributed by atoms with Gasteiger partial charge in [-0.2, -0.15) is 0 Å². The van der Waals surface area contributed by atoms with Crippen LogP contribution in [0.5, 0.6) is 11.5 Å². The van der Waals surface area contributed by atoms with Crippen molar-refractivity contribution < 1.29 is 19.1 Å². The minimum Gasteiger partial charge on any atom is -0.493 e. The van der Waals surface area contributed by atoms with E-state index in [0.717, 1.165) is 29.0 Å². The molecule has 1 aliphatic heterocycles. The van der Waals surface area contributed by atoms with Crippen LogP contribution in [0.15, 0.2) is 22.9 Å². The van der Waals surface area contributed by atoms with Crippen LogP contribution >= 0.6 is 0 Å². The maximum absolute atomic E-state index is 9.17. The van der Waals surface area contributed by atoms with Crippen LogP contribution in [0.2, 0.25) is 0 Å². The molecule has 5 nitrogen and oxygen atoms in total. The highest BCUT2D eigenvalue weighted by molar-refractivity contribution is 5.78. The molecule has 1 aromatic heterocycles. The second kappa shape index (κ2) is 8.78. The van der Waals surface area contributed by atoms with Gasteiger partial charge in [-0.15, -0.1) is 0 Å². The van der Waals surface area contributed by atoms with Crippen molar-refractivity contribution in [2.24, 2.45) is 0 Å². The highest BCUT2D eigenvalue weighted by Gasteiger charge is 2.39. The minimum absolute atomic E-state index is 0.00700. The third kappa shape index (κ3) is 4.61. The lowest BCUT2D eigenvalue weighted by molar-refractivity contribution is 0.103. The number of aliphatic hydroxyl groups excluding tert-OH is 1. The molecule has 160 valence electrons. The van der Waals surface area contributed by atoms with Crippen molar-refractivity contribution in [2.45, 2.75) is 84.2 Å². The largest absolute Gasteiger partial charge is 0.493 e. The Morgan fingerprint density at radius 2 is 1.93 bits per heavy atom. The van der Waals surface area contributed by atoms with E-state index in [1.54, 1.807) is 6.20 Å². The molecule has 0 atom stereocenters. The van der Waals surface area contributed by atoms with Crippen molar-refractivity contribution in [2.75, 3.05) is 13.2 Å². The van der Waals surface area contributed by atoms with Crippen LogP contribution in [0.25, 0.3) is 11.3 Å². The number of benzene rings is 1. The predicted octanol–water partition coefficient (Wildman–Crippen LogP) is 5.98. The third-order valence-electron chi connectivity index (χ3n) is 5.87. The number of rotatable bonds is 10.